The number of hydrogen-bond donors (Lipinski definition) is 3. The number of carbonyl (C=O) groups excluding carboxylic acids is 1. The Morgan fingerprint density at radius 2 is 1.67 bits per heavy atom. The molecule has 0 saturated carbocycles. The van der Waals surface area contributed by atoms with Gasteiger partial charge in [-0.1, -0.05) is 27.7 Å². The number of carboxylic acids is 1. The molecule has 0 heterocycles. The molecule has 0 aromatic carbocycles. The van der Waals surface area contributed by atoms with E-state index < -0.39 is 17.5 Å². The fraction of sp³-hybridized carbons (Fsp3) is 0.846. The van der Waals surface area contributed by atoms with Crippen molar-refractivity contribution >= 4 is 12.0 Å². The Morgan fingerprint density at radius 1 is 1.17 bits per heavy atom. The number of carbonyl (C=O) groups is 2. The first-order valence-corrected chi connectivity index (χ1v) is 6.59. The largest absolute Gasteiger partial charge is 0.480 e. The van der Waals surface area contributed by atoms with Gasteiger partial charge >= 0.3 is 12.0 Å². The van der Waals surface area contributed by atoms with Crippen molar-refractivity contribution in [1.29, 1.82) is 0 Å². The summed E-state index contributed by atoms with van der Waals surface area (Å²) < 4.78 is 0. The van der Waals surface area contributed by atoms with Crippen molar-refractivity contribution in [2.45, 2.75) is 65.5 Å². The zero-order chi connectivity index (χ0) is 14.3. The standard InChI is InChI=1S/C13H26N2O3/c1-6-13(7-2,11(16)17)15-12(18)14-10(5)8-9(3)4/h9-10H,6-8H2,1-5H3,(H,16,17)(H2,14,15,18). The van der Waals surface area contributed by atoms with Gasteiger partial charge in [-0.15, -0.1) is 0 Å². The third kappa shape index (κ3) is 4.94. The molecule has 0 aliphatic rings. The first-order valence-electron chi connectivity index (χ1n) is 6.59. The Kier molecular flexibility index (Phi) is 6.73. The highest BCUT2D eigenvalue weighted by Crippen LogP contribution is 2.15. The molecule has 1 atom stereocenters. The van der Waals surface area contributed by atoms with Gasteiger partial charge in [0.2, 0.25) is 0 Å². The Labute approximate surface area is 109 Å². The SMILES string of the molecule is CCC(CC)(NC(=O)NC(C)CC(C)C)C(=O)O. The molecule has 106 valence electrons. The van der Waals surface area contributed by atoms with Gasteiger partial charge in [-0.2, -0.15) is 0 Å². The number of hydrogen-bond acceptors (Lipinski definition) is 2. The minimum Gasteiger partial charge on any atom is -0.480 e. The molecule has 5 heteroatoms. The van der Waals surface area contributed by atoms with Crippen molar-refractivity contribution in [3.63, 3.8) is 0 Å². The molecule has 5 nitrogen and oxygen atoms in total. The van der Waals surface area contributed by atoms with Gasteiger partial charge < -0.3 is 15.7 Å². The summed E-state index contributed by atoms with van der Waals surface area (Å²) >= 11 is 0. The molecule has 18 heavy (non-hydrogen) atoms. The Bertz CT molecular complexity index is 286. The number of aliphatic carboxylic acids is 1. The fourth-order valence-corrected chi connectivity index (χ4v) is 2.03. The van der Waals surface area contributed by atoms with Crippen LogP contribution in [0.1, 0.15) is 53.9 Å². The first kappa shape index (κ1) is 16.7. The highest BCUT2D eigenvalue weighted by Gasteiger charge is 2.36. The van der Waals surface area contributed by atoms with Crippen molar-refractivity contribution in [3.05, 3.63) is 0 Å². The molecule has 2 amide bonds. The summed E-state index contributed by atoms with van der Waals surface area (Å²) in [4.78, 5) is 23.0. The number of nitrogens with one attached hydrogen (secondary N) is 2. The lowest BCUT2D eigenvalue weighted by atomic mass is 9.93. The highest BCUT2D eigenvalue weighted by molar-refractivity contribution is 5.86. The van der Waals surface area contributed by atoms with Crippen molar-refractivity contribution in [3.8, 4) is 0 Å². The summed E-state index contributed by atoms with van der Waals surface area (Å²) in [6.07, 6.45) is 1.60. The lowest BCUT2D eigenvalue weighted by Gasteiger charge is -2.29. The lowest BCUT2D eigenvalue weighted by Crippen LogP contribution is -2.57. The Hall–Kier alpha value is -1.26. The molecule has 0 aliphatic heterocycles. The molecule has 3 N–H and O–H groups in total. The normalized spacial score (nSPS) is 13.2. The number of urea groups is 1. The van der Waals surface area contributed by atoms with Crippen LogP contribution in [0, 0.1) is 5.92 Å². The second-order valence-electron chi connectivity index (χ2n) is 5.22. The van der Waals surface area contributed by atoms with E-state index in [1.807, 2.05) is 6.92 Å². The average Bonchev–Trinajstić information content (AvgIpc) is 2.24. The summed E-state index contributed by atoms with van der Waals surface area (Å²) in [6.45, 7) is 9.59. The summed E-state index contributed by atoms with van der Waals surface area (Å²) in [5.74, 6) is -0.499. The molecular weight excluding hydrogens is 232 g/mol. The third-order valence-corrected chi connectivity index (χ3v) is 3.17. The fourth-order valence-electron chi connectivity index (χ4n) is 2.03. The van der Waals surface area contributed by atoms with E-state index in [9.17, 15) is 14.7 Å². The Morgan fingerprint density at radius 3 is 2.00 bits per heavy atom. The quantitative estimate of drug-likeness (QED) is 0.656. The molecule has 0 aliphatic carbocycles. The van der Waals surface area contributed by atoms with E-state index in [2.05, 4.69) is 24.5 Å². The molecule has 0 aromatic heterocycles. The molecule has 0 fully saturated rings. The third-order valence-electron chi connectivity index (χ3n) is 3.17. The van der Waals surface area contributed by atoms with Gasteiger partial charge in [-0.05, 0) is 32.1 Å². The van der Waals surface area contributed by atoms with Crippen molar-refractivity contribution in [1.82, 2.24) is 10.6 Å². The lowest BCUT2D eigenvalue weighted by molar-refractivity contribution is -0.144. The van der Waals surface area contributed by atoms with Crippen LogP contribution < -0.4 is 10.6 Å². The molecule has 0 rings (SSSR count). The second kappa shape index (κ2) is 7.24. The maximum Gasteiger partial charge on any atom is 0.329 e. The van der Waals surface area contributed by atoms with E-state index in [0.29, 0.717) is 18.8 Å². The molecular formula is C13H26N2O3. The predicted molar refractivity (Wildman–Crippen MR) is 71.5 cm³/mol. The second-order valence-corrected chi connectivity index (χ2v) is 5.22. The summed E-state index contributed by atoms with van der Waals surface area (Å²) in [6, 6.07) is -0.376. The minimum absolute atomic E-state index is 0.0326. The van der Waals surface area contributed by atoms with E-state index in [1.54, 1.807) is 13.8 Å². The van der Waals surface area contributed by atoms with E-state index in [4.69, 9.17) is 0 Å². The van der Waals surface area contributed by atoms with Crippen LogP contribution in [0.3, 0.4) is 0 Å². The predicted octanol–water partition coefficient (Wildman–Crippen LogP) is 2.36. The van der Waals surface area contributed by atoms with Crippen LogP contribution in [0.25, 0.3) is 0 Å². The first-order chi connectivity index (χ1) is 8.27. The van der Waals surface area contributed by atoms with Gasteiger partial charge in [0.25, 0.3) is 0 Å². The van der Waals surface area contributed by atoms with Gasteiger partial charge in [-0.25, -0.2) is 9.59 Å². The van der Waals surface area contributed by atoms with Gasteiger partial charge in [0.15, 0.2) is 0 Å². The molecule has 0 radical (unpaired) electrons. The smallest absolute Gasteiger partial charge is 0.329 e. The van der Waals surface area contributed by atoms with E-state index in [-0.39, 0.29) is 6.04 Å². The van der Waals surface area contributed by atoms with Crippen LogP contribution in [-0.4, -0.2) is 28.7 Å². The number of rotatable bonds is 7. The molecule has 0 saturated heterocycles. The van der Waals surface area contributed by atoms with Gasteiger partial charge in [0.05, 0.1) is 0 Å². The maximum atomic E-state index is 11.8. The average molecular weight is 258 g/mol. The van der Waals surface area contributed by atoms with Crippen LogP contribution in [0.5, 0.6) is 0 Å². The molecule has 0 bridgehead atoms. The van der Waals surface area contributed by atoms with Crippen molar-refractivity contribution < 1.29 is 14.7 Å². The van der Waals surface area contributed by atoms with E-state index in [0.717, 1.165) is 6.42 Å². The van der Waals surface area contributed by atoms with Crippen LogP contribution in [-0.2, 0) is 4.79 Å². The van der Waals surface area contributed by atoms with Crippen LogP contribution in [0.2, 0.25) is 0 Å². The summed E-state index contributed by atoms with van der Waals surface area (Å²) in [5, 5.41) is 14.6. The van der Waals surface area contributed by atoms with E-state index in [1.165, 1.54) is 0 Å². The topological polar surface area (TPSA) is 78.4 Å². The van der Waals surface area contributed by atoms with Crippen LogP contribution in [0.4, 0.5) is 4.79 Å². The molecule has 0 aromatic rings. The zero-order valence-corrected chi connectivity index (χ0v) is 12.0. The van der Waals surface area contributed by atoms with Crippen LogP contribution in [0.15, 0.2) is 0 Å². The zero-order valence-electron chi connectivity index (χ0n) is 12.0. The van der Waals surface area contributed by atoms with Crippen LogP contribution >= 0.6 is 0 Å². The molecule has 1 unspecified atom stereocenters. The number of carboxylic acid groups (broad SMARTS) is 1. The minimum atomic E-state index is -1.17. The van der Waals surface area contributed by atoms with Gasteiger partial charge in [0.1, 0.15) is 5.54 Å². The highest BCUT2D eigenvalue weighted by atomic mass is 16.4. The maximum absolute atomic E-state index is 11.8. The van der Waals surface area contributed by atoms with Gasteiger partial charge in [0, 0.05) is 6.04 Å². The van der Waals surface area contributed by atoms with E-state index >= 15 is 0 Å². The summed E-state index contributed by atoms with van der Waals surface area (Å²) in [5.41, 5.74) is -1.17. The number of amides is 2. The molecule has 0 spiro atoms. The Balaban J connectivity index is 4.48. The van der Waals surface area contributed by atoms with Crippen molar-refractivity contribution in [2.24, 2.45) is 5.92 Å². The van der Waals surface area contributed by atoms with Gasteiger partial charge in [-0.3, -0.25) is 0 Å². The van der Waals surface area contributed by atoms with Crippen molar-refractivity contribution in [2.75, 3.05) is 0 Å². The monoisotopic (exact) mass is 258 g/mol. The summed E-state index contributed by atoms with van der Waals surface area (Å²) in [7, 11) is 0.